The van der Waals surface area contributed by atoms with Crippen molar-refractivity contribution in [3.8, 4) is 11.4 Å². The number of alkyl halides is 5. The summed E-state index contributed by atoms with van der Waals surface area (Å²) in [6.45, 7) is 0.111. The van der Waals surface area contributed by atoms with E-state index in [0.717, 1.165) is 29.1 Å². The Morgan fingerprint density at radius 1 is 1.00 bits per heavy atom. The first kappa shape index (κ1) is 24.0. The molecule has 1 atom stereocenters. The van der Waals surface area contributed by atoms with Crippen LogP contribution < -0.4 is 0 Å². The largest absolute Gasteiger partial charge is 0.337 e. The van der Waals surface area contributed by atoms with Crippen LogP contribution in [0, 0.1) is 17.6 Å². The van der Waals surface area contributed by atoms with Crippen molar-refractivity contribution in [3.63, 3.8) is 0 Å². The first-order valence-electron chi connectivity index (χ1n) is 10.9. The first-order chi connectivity index (χ1) is 17.2. The molecule has 1 fully saturated rings. The number of aromatic nitrogens is 5. The maximum atomic E-state index is 14.5. The van der Waals surface area contributed by atoms with Crippen LogP contribution in [0.5, 0.6) is 0 Å². The second kappa shape index (κ2) is 9.06. The van der Waals surface area contributed by atoms with Crippen molar-refractivity contribution in [2.45, 2.75) is 32.0 Å². The van der Waals surface area contributed by atoms with Crippen LogP contribution in [0.25, 0.3) is 27.9 Å². The molecule has 5 heterocycles. The van der Waals surface area contributed by atoms with E-state index in [2.05, 4.69) is 15.1 Å². The summed E-state index contributed by atoms with van der Waals surface area (Å²) >= 11 is 0. The predicted octanol–water partition coefficient (Wildman–Crippen LogP) is 4.87. The molecule has 1 aliphatic rings. The summed E-state index contributed by atoms with van der Waals surface area (Å²) in [5.74, 6) is -3.39. The molecule has 5 rings (SSSR count). The van der Waals surface area contributed by atoms with Gasteiger partial charge in [0, 0.05) is 42.9 Å². The van der Waals surface area contributed by atoms with E-state index < -0.39 is 42.6 Å². The summed E-state index contributed by atoms with van der Waals surface area (Å²) in [7, 11) is 0. The molecule has 1 amide bonds. The van der Waals surface area contributed by atoms with E-state index in [1.165, 1.54) is 4.90 Å². The van der Waals surface area contributed by atoms with Gasteiger partial charge in [-0.25, -0.2) is 40.4 Å². The maximum Gasteiger partial charge on any atom is 0.289 e. The molecule has 7 nitrogen and oxygen atoms in total. The molecule has 0 bridgehead atoms. The summed E-state index contributed by atoms with van der Waals surface area (Å²) < 4.78 is 96.3. The fourth-order valence-electron chi connectivity index (χ4n) is 4.34. The van der Waals surface area contributed by atoms with E-state index in [4.69, 9.17) is 0 Å². The standard InChI is InChI=1S/C22H17F7N6O/c23-11-5-13(24)21-31-8-16(34(21)9-11)17-12-7-30-14(6-15(12)35(32-17)20(29)19(27)28)22(36)33-3-1-10(2-4-33)18(25)26/h5-10,18-20H,1-4H2. The Morgan fingerprint density at radius 3 is 2.39 bits per heavy atom. The second-order valence-electron chi connectivity index (χ2n) is 8.39. The van der Waals surface area contributed by atoms with Gasteiger partial charge in [0.2, 0.25) is 6.43 Å². The average Bonchev–Trinajstić information content (AvgIpc) is 3.44. The van der Waals surface area contributed by atoms with Crippen molar-refractivity contribution in [1.29, 1.82) is 0 Å². The number of imidazole rings is 1. The molecule has 1 unspecified atom stereocenters. The van der Waals surface area contributed by atoms with E-state index >= 15 is 0 Å². The van der Waals surface area contributed by atoms with Crippen LogP contribution >= 0.6 is 0 Å². The fraction of sp³-hybridized carbons (Fsp3) is 0.364. The highest BCUT2D eigenvalue weighted by atomic mass is 19.3. The van der Waals surface area contributed by atoms with E-state index in [-0.39, 0.29) is 59.6 Å². The smallest absolute Gasteiger partial charge is 0.289 e. The minimum atomic E-state index is -3.47. The second-order valence-corrected chi connectivity index (χ2v) is 8.39. The Morgan fingerprint density at radius 2 is 1.72 bits per heavy atom. The molecular weight excluding hydrogens is 497 g/mol. The Hall–Kier alpha value is -3.71. The number of amides is 1. The zero-order valence-electron chi connectivity index (χ0n) is 18.3. The van der Waals surface area contributed by atoms with Crippen molar-refractivity contribution in [2.24, 2.45) is 5.92 Å². The minimum Gasteiger partial charge on any atom is -0.337 e. The molecule has 4 aromatic rings. The van der Waals surface area contributed by atoms with Crippen LogP contribution in [0.2, 0.25) is 0 Å². The molecule has 0 radical (unpaired) electrons. The number of hydrogen-bond donors (Lipinski definition) is 0. The van der Waals surface area contributed by atoms with Crippen molar-refractivity contribution in [2.75, 3.05) is 13.1 Å². The number of rotatable bonds is 5. The number of carbonyl (C=O) groups is 1. The minimum absolute atomic E-state index is 0.0245. The van der Waals surface area contributed by atoms with Gasteiger partial charge in [-0.05, 0) is 18.9 Å². The van der Waals surface area contributed by atoms with Gasteiger partial charge in [-0.15, -0.1) is 0 Å². The van der Waals surface area contributed by atoms with Crippen LogP contribution in [-0.4, -0.2) is 60.9 Å². The molecule has 0 aromatic carbocycles. The SMILES string of the molecule is O=C(c1cc2c(cn1)c(-c1cnc3c(F)cc(F)cn13)nn2C(F)C(F)F)N1CCC(C(F)F)CC1. The number of carbonyl (C=O) groups excluding carboxylic acids is 1. The topological polar surface area (TPSA) is 68.3 Å². The lowest BCUT2D eigenvalue weighted by molar-refractivity contribution is 0.00356. The van der Waals surface area contributed by atoms with Crippen molar-refractivity contribution in [3.05, 3.63) is 48.1 Å². The fourth-order valence-corrected chi connectivity index (χ4v) is 4.34. The molecule has 4 aromatic heterocycles. The molecule has 36 heavy (non-hydrogen) atoms. The van der Waals surface area contributed by atoms with Crippen LogP contribution in [0.4, 0.5) is 30.7 Å². The predicted molar refractivity (Wildman–Crippen MR) is 112 cm³/mol. The number of likely N-dealkylation sites (tertiary alicyclic amines) is 1. The highest BCUT2D eigenvalue weighted by Crippen LogP contribution is 2.33. The van der Waals surface area contributed by atoms with Gasteiger partial charge >= 0.3 is 0 Å². The van der Waals surface area contributed by atoms with Crippen LogP contribution in [0.15, 0.2) is 30.7 Å². The Labute approximate surface area is 198 Å². The van der Waals surface area contributed by atoms with Gasteiger partial charge in [0.15, 0.2) is 11.5 Å². The zero-order chi connectivity index (χ0) is 25.7. The Kier molecular flexibility index (Phi) is 6.04. The molecule has 0 N–H and O–H groups in total. The number of pyridine rings is 2. The van der Waals surface area contributed by atoms with Crippen LogP contribution in [0.3, 0.4) is 0 Å². The summed E-state index contributed by atoms with van der Waals surface area (Å²) in [6, 6.07) is 1.69. The third kappa shape index (κ3) is 4.03. The van der Waals surface area contributed by atoms with E-state index in [9.17, 15) is 35.5 Å². The van der Waals surface area contributed by atoms with Gasteiger partial charge in [0.1, 0.15) is 17.2 Å². The summed E-state index contributed by atoms with van der Waals surface area (Å²) in [5, 5.41) is 3.94. The molecule has 0 aliphatic carbocycles. The number of fused-ring (bicyclic) bond motifs is 2. The lowest BCUT2D eigenvalue weighted by atomic mass is 9.97. The zero-order valence-corrected chi connectivity index (χ0v) is 18.3. The number of nitrogens with zero attached hydrogens (tertiary/aromatic N) is 6. The van der Waals surface area contributed by atoms with Crippen LogP contribution in [-0.2, 0) is 0 Å². The average molecular weight is 514 g/mol. The Bertz CT molecular complexity index is 1440. The van der Waals surface area contributed by atoms with E-state index in [0.29, 0.717) is 10.7 Å². The van der Waals surface area contributed by atoms with Gasteiger partial charge in [-0.2, -0.15) is 5.10 Å². The number of hydrogen-bond acceptors (Lipinski definition) is 4. The lowest BCUT2D eigenvalue weighted by Gasteiger charge is -2.31. The maximum absolute atomic E-state index is 14.5. The van der Waals surface area contributed by atoms with Crippen molar-refractivity contribution < 1.29 is 35.5 Å². The van der Waals surface area contributed by atoms with Crippen molar-refractivity contribution >= 4 is 22.5 Å². The number of piperidine rings is 1. The Balaban J connectivity index is 1.59. The third-order valence-electron chi connectivity index (χ3n) is 6.21. The van der Waals surface area contributed by atoms with Gasteiger partial charge in [-0.3, -0.25) is 14.2 Å². The quantitative estimate of drug-likeness (QED) is 0.357. The van der Waals surface area contributed by atoms with Gasteiger partial charge in [0.25, 0.3) is 18.6 Å². The molecular formula is C22H17F7N6O. The summed E-state index contributed by atoms with van der Waals surface area (Å²) in [4.78, 5) is 22.1. The molecule has 190 valence electrons. The summed E-state index contributed by atoms with van der Waals surface area (Å²) in [5.41, 5.74) is -0.877. The van der Waals surface area contributed by atoms with Crippen molar-refractivity contribution in [1.82, 2.24) is 29.0 Å². The monoisotopic (exact) mass is 514 g/mol. The highest BCUT2D eigenvalue weighted by molar-refractivity contribution is 5.99. The van der Waals surface area contributed by atoms with Gasteiger partial charge in [-0.1, -0.05) is 0 Å². The normalized spacial score (nSPS) is 16.1. The van der Waals surface area contributed by atoms with E-state index in [1.807, 2.05) is 0 Å². The van der Waals surface area contributed by atoms with Gasteiger partial charge in [0.05, 0.1) is 17.4 Å². The highest BCUT2D eigenvalue weighted by Gasteiger charge is 2.31. The molecule has 0 spiro atoms. The molecule has 1 saturated heterocycles. The van der Waals surface area contributed by atoms with Crippen LogP contribution in [0.1, 0.15) is 29.6 Å². The molecule has 0 saturated carbocycles. The van der Waals surface area contributed by atoms with E-state index in [1.54, 1.807) is 0 Å². The molecule has 14 heteroatoms. The number of halogens is 7. The molecule has 1 aliphatic heterocycles. The lowest BCUT2D eigenvalue weighted by Crippen LogP contribution is -2.40. The third-order valence-corrected chi connectivity index (χ3v) is 6.21. The first-order valence-corrected chi connectivity index (χ1v) is 10.9. The van der Waals surface area contributed by atoms with Gasteiger partial charge < -0.3 is 4.90 Å². The summed E-state index contributed by atoms with van der Waals surface area (Å²) in [6.07, 6.45) is -5.56.